The Balaban J connectivity index is 1.84. The summed E-state index contributed by atoms with van der Waals surface area (Å²) < 4.78 is 0. The van der Waals surface area contributed by atoms with E-state index in [0.29, 0.717) is 11.6 Å². The van der Waals surface area contributed by atoms with Crippen molar-refractivity contribution < 1.29 is 4.79 Å². The van der Waals surface area contributed by atoms with Gasteiger partial charge in [0.05, 0.1) is 5.56 Å². The summed E-state index contributed by atoms with van der Waals surface area (Å²) in [7, 11) is 0. The second-order valence-corrected chi connectivity index (χ2v) is 4.77. The Bertz CT molecular complexity index is 398. The van der Waals surface area contributed by atoms with Crippen molar-refractivity contribution in [3.05, 3.63) is 23.9 Å². The average Bonchev–Trinajstić information content (AvgIpc) is 2.90. The number of hydrogen-bond acceptors (Lipinski definition) is 4. The Labute approximate surface area is 107 Å². The van der Waals surface area contributed by atoms with Gasteiger partial charge in [0.25, 0.3) is 0 Å². The van der Waals surface area contributed by atoms with Crippen molar-refractivity contribution >= 4 is 11.7 Å². The number of anilines is 1. The van der Waals surface area contributed by atoms with E-state index >= 15 is 0 Å². The lowest BCUT2D eigenvalue weighted by molar-refractivity contribution is 0.1000. The van der Waals surface area contributed by atoms with Crippen LogP contribution in [0.1, 0.15) is 30.1 Å². The van der Waals surface area contributed by atoms with E-state index in [2.05, 4.69) is 22.1 Å². The average molecular weight is 248 g/mol. The van der Waals surface area contributed by atoms with Crippen molar-refractivity contribution in [1.82, 2.24) is 9.88 Å². The van der Waals surface area contributed by atoms with E-state index in [1.807, 2.05) is 0 Å². The number of primary amides is 1. The summed E-state index contributed by atoms with van der Waals surface area (Å²) in [5.41, 5.74) is 5.60. The summed E-state index contributed by atoms with van der Waals surface area (Å²) in [6.07, 6.45) is 4.11. The third-order valence-corrected chi connectivity index (χ3v) is 3.39. The Morgan fingerprint density at radius 1 is 1.50 bits per heavy atom. The molecule has 5 heteroatoms. The highest BCUT2D eigenvalue weighted by atomic mass is 16.1. The van der Waals surface area contributed by atoms with Gasteiger partial charge >= 0.3 is 0 Å². The molecule has 1 aromatic heterocycles. The van der Waals surface area contributed by atoms with Crippen molar-refractivity contribution in [2.45, 2.75) is 25.8 Å². The molecule has 18 heavy (non-hydrogen) atoms. The van der Waals surface area contributed by atoms with E-state index in [9.17, 15) is 4.79 Å². The fourth-order valence-electron chi connectivity index (χ4n) is 2.21. The van der Waals surface area contributed by atoms with E-state index < -0.39 is 5.91 Å². The molecular formula is C13H20N4O. The molecule has 98 valence electrons. The molecule has 1 aliphatic rings. The maximum Gasteiger partial charge on any atom is 0.250 e. The maximum absolute atomic E-state index is 10.9. The van der Waals surface area contributed by atoms with E-state index in [0.717, 1.165) is 12.4 Å². The van der Waals surface area contributed by atoms with Gasteiger partial charge < -0.3 is 11.1 Å². The number of nitrogens with two attached hydrogens (primary N) is 1. The van der Waals surface area contributed by atoms with Crippen molar-refractivity contribution in [1.29, 1.82) is 0 Å². The molecule has 0 aromatic carbocycles. The predicted molar refractivity (Wildman–Crippen MR) is 71.5 cm³/mol. The number of aromatic nitrogens is 1. The second kappa shape index (κ2) is 5.82. The van der Waals surface area contributed by atoms with Crippen LogP contribution >= 0.6 is 0 Å². The number of nitrogens with one attached hydrogen (secondary N) is 1. The lowest BCUT2D eigenvalue weighted by Crippen LogP contribution is -2.35. The van der Waals surface area contributed by atoms with E-state index in [4.69, 9.17) is 5.73 Å². The van der Waals surface area contributed by atoms with Gasteiger partial charge in [0.2, 0.25) is 5.91 Å². The van der Waals surface area contributed by atoms with Gasteiger partial charge in [0.15, 0.2) is 0 Å². The number of carbonyl (C=O) groups is 1. The Morgan fingerprint density at radius 2 is 2.22 bits per heavy atom. The summed E-state index contributed by atoms with van der Waals surface area (Å²) >= 11 is 0. The minimum Gasteiger partial charge on any atom is -0.369 e. The molecule has 1 aliphatic heterocycles. The highest BCUT2D eigenvalue weighted by molar-refractivity contribution is 5.92. The van der Waals surface area contributed by atoms with Crippen molar-refractivity contribution in [2.24, 2.45) is 5.73 Å². The van der Waals surface area contributed by atoms with Gasteiger partial charge in [-0.3, -0.25) is 9.69 Å². The molecule has 0 radical (unpaired) electrons. The quantitative estimate of drug-likeness (QED) is 0.818. The molecule has 1 fully saturated rings. The van der Waals surface area contributed by atoms with Crippen LogP contribution in [0.25, 0.3) is 0 Å². The highest BCUT2D eigenvalue weighted by Crippen LogP contribution is 2.12. The van der Waals surface area contributed by atoms with Gasteiger partial charge in [-0.25, -0.2) is 4.98 Å². The van der Waals surface area contributed by atoms with Gasteiger partial charge in [-0.05, 0) is 45.0 Å². The number of pyridine rings is 1. The lowest BCUT2D eigenvalue weighted by Gasteiger charge is -2.24. The fourth-order valence-corrected chi connectivity index (χ4v) is 2.21. The Kier molecular flexibility index (Phi) is 4.15. The molecule has 5 nitrogen and oxygen atoms in total. The van der Waals surface area contributed by atoms with E-state index in [-0.39, 0.29) is 0 Å². The standard InChI is InChI=1S/C13H20N4O/c1-10(17-6-2-3-7-17)8-15-12-5-4-11(9-16-12)13(14)18/h4-5,9-10H,2-3,6-8H2,1H3,(H2,14,18)(H,15,16). The van der Waals surface area contributed by atoms with Crippen LogP contribution in [0.4, 0.5) is 5.82 Å². The number of rotatable bonds is 5. The molecule has 1 amide bonds. The summed E-state index contributed by atoms with van der Waals surface area (Å²) in [5.74, 6) is 0.338. The summed E-state index contributed by atoms with van der Waals surface area (Å²) in [4.78, 5) is 17.6. The number of amides is 1. The number of carbonyl (C=O) groups excluding carboxylic acids is 1. The van der Waals surface area contributed by atoms with Gasteiger partial charge in [0, 0.05) is 18.8 Å². The molecule has 2 rings (SSSR count). The first-order valence-corrected chi connectivity index (χ1v) is 6.40. The van der Waals surface area contributed by atoms with Crippen LogP contribution < -0.4 is 11.1 Å². The van der Waals surface area contributed by atoms with Crippen molar-refractivity contribution in [3.8, 4) is 0 Å². The predicted octanol–water partition coefficient (Wildman–Crippen LogP) is 1.08. The van der Waals surface area contributed by atoms with Crippen LogP contribution in [-0.2, 0) is 0 Å². The molecule has 3 N–H and O–H groups in total. The Hall–Kier alpha value is -1.62. The molecule has 0 bridgehead atoms. The summed E-state index contributed by atoms with van der Waals surface area (Å²) in [6, 6.07) is 3.99. The summed E-state index contributed by atoms with van der Waals surface area (Å²) in [6.45, 7) is 5.47. The molecule has 0 saturated carbocycles. The normalized spacial score (nSPS) is 17.6. The first-order valence-electron chi connectivity index (χ1n) is 6.40. The van der Waals surface area contributed by atoms with Crippen LogP contribution in [0.2, 0.25) is 0 Å². The summed E-state index contributed by atoms with van der Waals surface area (Å²) in [5, 5.41) is 3.28. The second-order valence-electron chi connectivity index (χ2n) is 4.77. The molecule has 1 unspecified atom stereocenters. The van der Waals surface area contributed by atoms with E-state index in [1.54, 1.807) is 12.1 Å². The largest absolute Gasteiger partial charge is 0.369 e. The van der Waals surface area contributed by atoms with Gasteiger partial charge in [-0.1, -0.05) is 0 Å². The van der Waals surface area contributed by atoms with Crippen LogP contribution in [0.5, 0.6) is 0 Å². The molecule has 2 heterocycles. The minimum atomic E-state index is -0.445. The van der Waals surface area contributed by atoms with Gasteiger partial charge in [-0.2, -0.15) is 0 Å². The Morgan fingerprint density at radius 3 is 2.78 bits per heavy atom. The SMILES string of the molecule is CC(CNc1ccc(C(N)=O)cn1)N1CCCC1. The smallest absolute Gasteiger partial charge is 0.250 e. The van der Waals surface area contributed by atoms with Crippen LogP contribution in [-0.4, -0.2) is 41.5 Å². The molecule has 1 aromatic rings. The number of likely N-dealkylation sites (tertiary alicyclic amines) is 1. The molecule has 1 atom stereocenters. The molecule has 0 spiro atoms. The lowest BCUT2D eigenvalue weighted by atomic mass is 10.2. The zero-order chi connectivity index (χ0) is 13.0. The van der Waals surface area contributed by atoms with Crippen molar-refractivity contribution in [2.75, 3.05) is 25.0 Å². The third-order valence-electron chi connectivity index (χ3n) is 3.39. The molecular weight excluding hydrogens is 228 g/mol. The van der Waals surface area contributed by atoms with Crippen LogP contribution in [0, 0.1) is 0 Å². The van der Waals surface area contributed by atoms with Crippen LogP contribution in [0.3, 0.4) is 0 Å². The molecule has 1 saturated heterocycles. The van der Waals surface area contributed by atoms with Gasteiger partial charge in [0.1, 0.15) is 5.82 Å². The first kappa shape index (κ1) is 12.8. The monoisotopic (exact) mass is 248 g/mol. The topological polar surface area (TPSA) is 71.2 Å². The first-order chi connectivity index (χ1) is 8.66. The van der Waals surface area contributed by atoms with E-state index in [1.165, 1.54) is 32.1 Å². The van der Waals surface area contributed by atoms with Crippen LogP contribution in [0.15, 0.2) is 18.3 Å². The zero-order valence-electron chi connectivity index (χ0n) is 10.7. The fraction of sp³-hybridized carbons (Fsp3) is 0.538. The molecule has 0 aliphatic carbocycles. The number of hydrogen-bond donors (Lipinski definition) is 2. The third kappa shape index (κ3) is 3.20. The van der Waals surface area contributed by atoms with Gasteiger partial charge in [-0.15, -0.1) is 0 Å². The highest BCUT2D eigenvalue weighted by Gasteiger charge is 2.17. The number of nitrogens with zero attached hydrogens (tertiary/aromatic N) is 2. The zero-order valence-corrected chi connectivity index (χ0v) is 10.7. The minimum absolute atomic E-state index is 0.438. The van der Waals surface area contributed by atoms with Crippen molar-refractivity contribution in [3.63, 3.8) is 0 Å². The maximum atomic E-state index is 10.9.